The van der Waals surface area contributed by atoms with Gasteiger partial charge in [-0.2, -0.15) is 0 Å². The lowest BCUT2D eigenvalue weighted by atomic mass is 10.1. The predicted molar refractivity (Wildman–Crippen MR) is 82.6 cm³/mol. The number of anilines is 1. The van der Waals surface area contributed by atoms with E-state index < -0.39 is 0 Å². The molecule has 21 heavy (non-hydrogen) atoms. The highest BCUT2D eigenvalue weighted by Gasteiger charge is 2.36. The van der Waals surface area contributed by atoms with Crippen molar-refractivity contribution in [1.82, 2.24) is 15.2 Å². The number of pyridine rings is 1. The minimum absolute atomic E-state index is 0.0721. The first kappa shape index (κ1) is 12.4. The average Bonchev–Trinajstić information content (AvgIpc) is 2.87. The molecule has 1 aromatic heterocycles. The van der Waals surface area contributed by atoms with Gasteiger partial charge in [-0.25, -0.2) is 9.78 Å². The van der Waals surface area contributed by atoms with Crippen molar-refractivity contribution < 1.29 is 4.79 Å². The third kappa shape index (κ3) is 2.00. The second kappa shape index (κ2) is 4.62. The van der Waals surface area contributed by atoms with Gasteiger partial charge in [-0.1, -0.05) is 18.2 Å². The summed E-state index contributed by atoms with van der Waals surface area (Å²) in [5.41, 5.74) is 2.22. The zero-order valence-electron chi connectivity index (χ0n) is 12.0. The fourth-order valence-corrected chi connectivity index (χ4v) is 3.33. The third-order valence-corrected chi connectivity index (χ3v) is 4.42. The van der Waals surface area contributed by atoms with E-state index in [1.165, 1.54) is 10.9 Å². The van der Waals surface area contributed by atoms with Gasteiger partial charge in [0.15, 0.2) is 0 Å². The Labute approximate surface area is 123 Å². The standard InChI is InChI=1S/C16H18N4O/c1-11-8-12-4-2-3-5-14(12)18-15(11)19-6-7-20-13(10-19)9-17-16(20)21/h2-5,8,13H,6-7,9-10H2,1H3,(H,17,21). The monoisotopic (exact) mass is 282 g/mol. The van der Waals surface area contributed by atoms with E-state index in [0.717, 1.165) is 37.5 Å². The van der Waals surface area contributed by atoms with Crippen molar-refractivity contribution >= 4 is 22.8 Å². The van der Waals surface area contributed by atoms with Crippen molar-refractivity contribution in [3.63, 3.8) is 0 Å². The number of fused-ring (bicyclic) bond motifs is 2. The van der Waals surface area contributed by atoms with Gasteiger partial charge in [-0.05, 0) is 24.6 Å². The lowest BCUT2D eigenvalue weighted by Gasteiger charge is -2.37. The lowest BCUT2D eigenvalue weighted by molar-refractivity contribution is 0.197. The van der Waals surface area contributed by atoms with E-state index in [2.05, 4.69) is 35.3 Å². The summed E-state index contributed by atoms with van der Waals surface area (Å²) in [5, 5.41) is 4.09. The molecular weight excluding hydrogens is 264 g/mol. The minimum atomic E-state index is 0.0721. The predicted octanol–water partition coefficient (Wildman–Crippen LogP) is 1.76. The number of hydrogen-bond acceptors (Lipinski definition) is 3. The van der Waals surface area contributed by atoms with E-state index in [-0.39, 0.29) is 12.1 Å². The third-order valence-electron chi connectivity index (χ3n) is 4.42. The van der Waals surface area contributed by atoms with Crippen molar-refractivity contribution in [2.75, 3.05) is 31.1 Å². The number of nitrogens with zero attached hydrogens (tertiary/aromatic N) is 3. The average molecular weight is 282 g/mol. The van der Waals surface area contributed by atoms with Crippen LogP contribution in [0.5, 0.6) is 0 Å². The van der Waals surface area contributed by atoms with E-state index in [1.807, 2.05) is 17.0 Å². The van der Waals surface area contributed by atoms with Crippen molar-refractivity contribution in [3.05, 3.63) is 35.9 Å². The number of nitrogens with one attached hydrogen (secondary N) is 1. The quantitative estimate of drug-likeness (QED) is 0.867. The number of rotatable bonds is 1. The second-order valence-corrected chi connectivity index (χ2v) is 5.80. The number of benzene rings is 1. The van der Waals surface area contributed by atoms with Crippen LogP contribution in [0.4, 0.5) is 10.6 Å². The van der Waals surface area contributed by atoms with Crippen molar-refractivity contribution in [1.29, 1.82) is 0 Å². The number of amides is 2. The summed E-state index contributed by atoms with van der Waals surface area (Å²) in [6.45, 7) is 5.31. The highest BCUT2D eigenvalue weighted by Crippen LogP contribution is 2.25. The Balaban J connectivity index is 1.67. The Bertz CT molecular complexity index is 714. The molecule has 0 spiro atoms. The molecule has 4 rings (SSSR count). The van der Waals surface area contributed by atoms with Crippen LogP contribution < -0.4 is 10.2 Å². The Morgan fingerprint density at radius 1 is 1.29 bits per heavy atom. The molecule has 0 saturated carbocycles. The van der Waals surface area contributed by atoms with Gasteiger partial charge in [0.25, 0.3) is 0 Å². The van der Waals surface area contributed by atoms with E-state index >= 15 is 0 Å². The van der Waals surface area contributed by atoms with E-state index in [1.54, 1.807) is 0 Å². The molecule has 5 heteroatoms. The van der Waals surface area contributed by atoms with Crippen LogP contribution in [0.15, 0.2) is 30.3 Å². The van der Waals surface area contributed by atoms with Gasteiger partial charge in [-0.3, -0.25) is 0 Å². The molecule has 5 nitrogen and oxygen atoms in total. The van der Waals surface area contributed by atoms with Crippen molar-refractivity contribution in [2.45, 2.75) is 13.0 Å². The van der Waals surface area contributed by atoms with Gasteiger partial charge in [0.05, 0.1) is 11.6 Å². The van der Waals surface area contributed by atoms with Crippen LogP contribution in [0, 0.1) is 6.92 Å². The van der Waals surface area contributed by atoms with E-state index in [9.17, 15) is 4.79 Å². The molecule has 1 atom stereocenters. The Morgan fingerprint density at radius 2 is 2.14 bits per heavy atom. The molecule has 2 fully saturated rings. The second-order valence-electron chi connectivity index (χ2n) is 5.80. The van der Waals surface area contributed by atoms with Crippen LogP contribution in [0.2, 0.25) is 0 Å². The Kier molecular flexibility index (Phi) is 2.74. The fraction of sp³-hybridized carbons (Fsp3) is 0.375. The lowest BCUT2D eigenvalue weighted by Crippen LogP contribution is -2.52. The minimum Gasteiger partial charge on any atom is -0.352 e. The molecule has 1 N–H and O–H groups in total. The number of carbonyl (C=O) groups is 1. The van der Waals surface area contributed by atoms with Crippen LogP contribution in [0.1, 0.15) is 5.56 Å². The number of aryl methyl sites for hydroxylation is 1. The Hall–Kier alpha value is -2.30. The largest absolute Gasteiger partial charge is 0.352 e. The maximum absolute atomic E-state index is 11.7. The maximum atomic E-state index is 11.7. The topological polar surface area (TPSA) is 48.5 Å². The molecule has 3 heterocycles. The van der Waals surface area contributed by atoms with Gasteiger partial charge >= 0.3 is 6.03 Å². The number of para-hydroxylation sites is 1. The zero-order chi connectivity index (χ0) is 14.4. The first-order chi connectivity index (χ1) is 10.2. The van der Waals surface area contributed by atoms with Crippen molar-refractivity contribution in [2.24, 2.45) is 0 Å². The van der Waals surface area contributed by atoms with E-state index in [0.29, 0.717) is 0 Å². The first-order valence-corrected chi connectivity index (χ1v) is 7.38. The van der Waals surface area contributed by atoms with Crippen LogP contribution in [-0.4, -0.2) is 48.1 Å². The molecule has 2 amide bonds. The molecule has 2 saturated heterocycles. The number of piperazine rings is 1. The van der Waals surface area contributed by atoms with Crippen LogP contribution in [0.25, 0.3) is 10.9 Å². The number of carbonyl (C=O) groups excluding carboxylic acids is 1. The molecule has 1 unspecified atom stereocenters. The van der Waals surface area contributed by atoms with Gasteiger partial charge < -0.3 is 15.1 Å². The smallest absolute Gasteiger partial charge is 0.317 e. The molecule has 108 valence electrons. The van der Waals surface area contributed by atoms with E-state index in [4.69, 9.17) is 4.98 Å². The molecule has 0 bridgehead atoms. The summed E-state index contributed by atoms with van der Waals surface area (Å²) in [7, 11) is 0. The summed E-state index contributed by atoms with van der Waals surface area (Å²) in [6.07, 6.45) is 0. The highest BCUT2D eigenvalue weighted by molar-refractivity contribution is 5.82. The molecule has 2 aliphatic rings. The molecule has 1 aromatic carbocycles. The van der Waals surface area contributed by atoms with Crippen LogP contribution in [-0.2, 0) is 0 Å². The molecule has 0 aliphatic carbocycles. The van der Waals surface area contributed by atoms with Gasteiger partial charge in [0, 0.05) is 31.6 Å². The van der Waals surface area contributed by atoms with Crippen molar-refractivity contribution in [3.8, 4) is 0 Å². The SMILES string of the molecule is Cc1cc2ccccc2nc1N1CCN2C(=O)NCC2C1. The summed E-state index contributed by atoms with van der Waals surface area (Å²) in [4.78, 5) is 20.8. The molecule has 2 aliphatic heterocycles. The first-order valence-electron chi connectivity index (χ1n) is 7.38. The summed E-state index contributed by atoms with van der Waals surface area (Å²) in [6, 6.07) is 10.7. The van der Waals surface area contributed by atoms with Crippen LogP contribution in [0.3, 0.4) is 0 Å². The maximum Gasteiger partial charge on any atom is 0.317 e. The molecule has 2 aromatic rings. The zero-order valence-corrected chi connectivity index (χ0v) is 12.0. The highest BCUT2D eigenvalue weighted by atomic mass is 16.2. The van der Waals surface area contributed by atoms with Gasteiger partial charge in [-0.15, -0.1) is 0 Å². The molecular formula is C16H18N4O. The summed E-state index contributed by atoms with van der Waals surface area (Å²) in [5.74, 6) is 1.05. The normalized spacial score (nSPS) is 21.6. The Morgan fingerprint density at radius 3 is 3.05 bits per heavy atom. The number of urea groups is 1. The number of aromatic nitrogens is 1. The fourth-order valence-electron chi connectivity index (χ4n) is 3.33. The van der Waals surface area contributed by atoms with Gasteiger partial charge in [0.1, 0.15) is 5.82 Å². The summed E-state index contributed by atoms with van der Waals surface area (Å²) < 4.78 is 0. The number of hydrogen-bond donors (Lipinski definition) is 1. The molecule has 0 radical (unpaired) electrons. The summed E-state index contributed by atoms with van der Waals surface area (Å²) >= 11 is 0. The van der Waals surface area contributed by atoms with Crippen LogP contribution >= 0.6 is 0 Å². The van der Waals surface area contributed by atoms with Gasteiger partial charge in [0.2, 0.25) is 0 Å².